The van der Waals surface area contributed by atoms with Gasteiger partial charge in [0.15, 0.2) is 0 Å². The Bertz CT molecular complexity index is 896. The lowest BCUT2D eigenvalue weighted by Gasteiger charge is -2.40. The Labute approximate surface area is 169 Å². The van der Waals surface area contributed by atoms with Gasteiger partial charge in [-0.1, -0.05) is 18.2 Å². The number of rotatable bonds is 5. The Hall–Kier alpha value is -2.93. The van der Waals surface area contributed by atoms with E-state index in [1.54, 1.807) is 4.90 Å². The lowest BCUT2D eigenvalue weighted by atomic mass is 10.1. The summed E-state index contributed by atoms with van der Waals surface area (Å²) in [4.78, 5) is 26.7. The molecule has 0 saturated carbocycles. The molecule has 2 aliphatic rings. The third kappa shape index (κ3) is 4.40. The number of hydrogen-bond acceptors (Lipinski definition) is 4. The average Bonchev–Trinajstić information content (AvgIpc) is 3.14. The summed E-state index contributed by atoms with van der Waals surface area (Å²) in [5.41, 5.74) is 1.48. The van der Waals surface area contributed by atoms with E-state index in [1.165, 1.54) is 24.3 Å². The van der Waals surface area contributed by atoms with Crippen LogP contribution in [0.4, 0.5) is 4.39 Å². The van der Waals surface area contributed by atoms with Crippen molar-refractivity contribution in [3.05, 3.63) is 65.5 Å². The SMILES string of the molecule is Cc1ccccc1OC1CN(C(=O)[C@@H]2C[C@@H](NC(=O)c3ccc(F)cc3)CN2)C1. The van der Waals surface area contributed by atoms with Crippen molar-refractivity contribution in [1.29, 1.82) is 0 Å². The molecule has 2 N–H and O–H groups in total. The lowest BCUT2D eigenvalue weighted by Crippen LogP contribution is -2.59. The van der Waals surface area contributed by atoms with Crippen LogP contribution in [0.3, 0.4) is 0 Å². The smallest absolute Gasteiger partial charge is 0.251 e. The van der Waals surface area contributed by atoms with E-state index >= 15 is 0 Å². The molecule has 2 atom stereocenters. The third-order valence-electron chi connectivity index (χ3n) is 5.42. The molecule has 2 fully saturated rings. The van der Waals surface area contributed by atoms with E-state index < -0.39 is 0 Å². The Morgan fingerprint density at radius 1 is 1.14 bits per heavy atom. The maximum Gasteiger partial charge on any atom is 0.251 e. The predicted molar refractivity (Wildman–Crippen MR) is 106 cm³/mol. The second-order valence-corrected chi connectivity index (χ2v) is 7.62. The molecule has 0 spiro atoms. The molecule has 2 aromatic carbocycles. The molecule has 152 valence electrons. The first kappa shape index (κ1) is 19.4. The molecular weight excluding hydrogens is 373 g/mol. The Morgan fingerprint density at radius 2 is 1.86 bits per heavy atom. The molecule has 7 heteroatoms. The first-order valence-electron chi connectivity index (χ1n) is 9.80. The van der Waals surface area contributed by atoms with E-state index in [0.29, 0.717) is 31.6 Å². The lowest BCUT2D eigenvalue weighted by molar-refractivity contribution is -0.141. The van der Waals surface area contributed by atoms with Gasteiger partial charge in [-0.3, -0.25) is 9.59 Å². The molecule has 0 aliphatic carbocycles. The van der Waals surface area contributed by atoms with Crippen molar-refractivity contribution in [3.8, 4) is 5.75 Å². The van der Waals surface area contributed by atoms with Gasteiger partial charge >= 0.3 is 0 Å². The van der Waals surface area contributed by atoms with Gasteiger partial charge in [-0.25, -0.2) is 4.39 Å². The minimum atomic E-state index is -0.381. The van der Waals surface area contributed by atoms with Crippen molar-refractivity contribution in [2.75, 3.05) is 19.6 Å². The van der Waals surface area contributed by atoms with Gasteiger partial charge in [0.2, 0.25) is 5.91 Å². The highest BCUT2D eigenvalue weighted by molar-refractivity contribution is 5.94. The monoisotopic (exact) mass is 397 g/mol. The molecule has 2 saturated heterocycles. The summed E-state index contributed by atoms with van der Waals surface area (Å²) in [7, 11) is 0. The summed E-state index contributed by atoms with van der Waals surface area (Å²) in [5.74, 6) is 0.245. The van der Waals surface area contributed by atoms with Crippen LogP contribution in [0.15, 0.2) is 48.5 Å². The molecule has 0 aromatic heterocycles. The molecule has 2 aliphatic heterocycles. The molecule has 0 radical (unpaired) electrons. The van der Waals surface area contributed by atoms with Crippen LogP contribution in [0.5, 0.6) is 5.75 Å². The van der Waals surface area contributed by atoms with E-state index in [1.807, 2.05) is 31.2 Å². The Balaban J connectivity index is 1.23. The zero-order valence-corrected chi connectivity index (χ0v) is 16.2. The minimum absolute atomic E-state index is 0.00966. The number of benzene rings is 2. The van der Waals surface area contributed by atoms with E-state index in [0.717, 1.165) is 11.3 Å². The zero-order chi connectivity index (χ0) is 20.4. The molecule has 0 bridgehead atoms. The molecular formula is C22H24FN3O3. The molecule has 4 rings (SSSR count). The largest absolute Gasteiger partial charge is 0.486 e. The Kier molecular flexibility index (Phi) is 5.49. The fourth-order valence-electron chi connectivity index (χ4n) is 3.69. The molecule has 29 heavy (non-hydrogen) atoms. The van der Waals surface area contributed by atoms with Crippen molar-refractivity contribution in [1.82, 2.24) is 15.5 Å². The number of para-hydroxylation sites is 1. The van der Waals surface area contributed by atoms with Gasteiger partial charge < -0.3 is 20.3 Å². The predicted octanol–water partition coefficient (Wildman–Crippen LogP) is 1.88. The number of carbonyl (C=O) groups is 2. The van der Waals surface area contributed by atoms with E-state index in [-0.39, 0.29) is 35.8 Å². The fourth-order valence-corrected chi connectivity index (χ4v) is 3.69. The van der Waals surface area contributed by atoms with Gasteiger partial charge in [-0.15, -0.1) is 0 Å². The molecule has 0 unspecified atom stereocenters. The highest BCUT2D eigenvalue weighted by atomic mass is 19.1. The number of amides is 2. The number of likely N-dealkylation sites (tertiary alicyclic amines) is 1. The van der Waals surface area contributed by atoms with Crippen LogP contribution in [0.1, 0.15) is 22.3 Å². The van der Waals surface area contributed by atoms with Crippen molar-refractivity contribution < 1.29 is 18.7 Å². The number of carbonyl (C=O) groups excluding carboxylic acids is 2. The molecule has 2 aromatic rings. The second-order valence-electron chi connectivity index (χ2n) is 7.62. The summed E-state index contributed by atoms with van der Waals surface area (Å²) in [6, 6.07) is 12.8. The number of aryl methyl sites for hydroxylation is 1. The number of halogens is 1. The van der Waals surface area contributed by atoms with Gasteiger partial charge in [-0.05, 0) is 49.2 Å². The summed E-state index contributed by atoms with van der Waals surface area (Å²) < 4.78 is 18.9. The summed E-state index contributed by atoms with van der Waals surface area (Å²) >= 11 is 0. The summed E-state index contributed by atoms with van der Waals surface area (Å²) in [6.45, 7) is 3.66. The van der Waals surface area contributed by atoms with Crippen molar-refractivity contribution in [2.45, 2.75) is 31.5 Å². The number of nitrogens with one attached hydrogen (secondary N) is 2. The van der Waals surface area contributed by atoms with E-state index in [9.17, 15) is 14.0 Å². The maximum atomic E-state index is 13.0. The highest BCUT2D eigenvalue weighted by Crippen LogP contribution is 2.23. The average molecular weight is 397 g/mol. The first-order chi connectivity index (χ1) is 14.0. The number of nitrogens with zero attached hydrogens (tertiary/aromatic N) is 1. The van der Waals surface area contributed by atoms with Crippen LogP contribution in [0.25, 0.3) is 0 Å². The second kappa shape index (κ2) is 8.21. The van der Waals surface area contributed by atoms with Crippen LogP contribution < -0.4 is 15.4 Å². The zero-order valence-electron chi connectivity index (χ0n) is 16.2. The van der Waals surface area contributed by atoms with Crippen molar-refractivity contribution >= 4 is 11.8 Å². The summed E-state index contributed by atoms with van der Waals surface area (Å²) in [6.07, 6.45) is 0.543. The van der Waals surface area contributed by atoms with Gasteiger partial charge in [0.05, 0.1) is 19.1 Å². The third-order valence-corrected chi connectivity index (χ3v) is 5.42. The van der Waals surface area contributed by atoms with Crippen LogP contribution in [-0.2, 0) is 4.79 Å². The van der Waals surface area contributed by atoms with Crippen LogP contribution in [0.2, 0.25) is 0 Å². The highest BCUT2D eigenvalue weighted by Gasteiger charge is 2.39. The normalized spacial score (nSPS) is 21.5. The number of hydrogen-bond donors (Lipinski definition) is 2. The van der Waals surface area contributed by atoms with Crippen molar-refractivity contribution in [2.24, 2.45) is 0 Å². The quantitative estimate of drug-likeness (QED) is 0.808. The minimum Gasteiger partial charge on any atom is -0.486 e. The van der Waals surface area contributed by atoms with Crippen LogP contribution >= 0.6 is 0 Å². The standard InChI is InChI=1S/C22H24FN3O3/c1-14-4-2-3-5-20(14)29-18-12-26(13-18)22(28)19-10-17(11-24-19)25-21(27)15-6-8-16(23)9-7-15/h2-9,17-19,24H,10-13H2,1H3,(H,25,27)/t17-,19+/m1/s1. The van der Waals surface area contributed by atoms with Crippen LogP contribution in [0, 0.1) is 12.7 Å². The molecule has 2 amide bonds. The van der Waals surface area contributed by atoms with Gasteiger partial charge in [0.1, 0.15) is 17.7 Å². The van der Waals surface area contributed by atoms with Gasteiger partial charge in [0.25, 0.3) is 5.91 Å². The molecule has 2 heterocycles. The van der Waals surface area contributed by atoms with Crippen LogP contribution in [-0.4, -0.2) is 54.5 Å². The Morgan fingerprint density at radius 3 is 2.59 bits per heavy atom. The molecule has 6 nitrogen and oxygen atoms in total. The topological polar surface area (TPSA) is 70.7 Å². The van der Waals surface area contributed by atoms with E-state index in [2.05, 4.69) is 10.6 Å². The first-order valence-corrected chi connectivity index (χ1v) is 9.80. The van der Waals surface area contributed by atoms with E-state index in [4.69, 9.17) is 4.74 Å². The maximum absolute atomic E-state index is 13.0. The summed E-state index contributed by atoms with van der Waals surface area (Å²) in [5, 5.41) is 6.09. The number of ether oxygens (including phenoxy) is 1. The fraction of sp³-hybridized carbons (Fsp3) is 0.364. The van der Waals surface area contributed by atoms with Gasteiger partial charge in [0, 0.05) is 18.2 Å². The van der Waals surface area contributed by atoms with Gasteiger partial charge in [-0.2, -0.15) is 0 Å². The van der Waals surface area contributed by atoms with Crippen molar-refractivity contribution in [3.63, 3.8) is 0 Å².